The number of rotatable bonds is 5. The van der Waals surface area contributed by atoms with E-state index in [4.69, 9.17) is 9.97 Å². The predicted octanol–water partition coefficient (Wildman–Crippen LogP) is 17.8. The summed E-state index contributed by atoms with van der Waals surface area (Å²) >= 11 is 0. The van der Waals surface area contributed by atoms with Gasteiger partial charge in [0.05, 0.1) is 16.8 Å². The van der Waals surface area contributed by atoms with Crippen LogP contribution in [0.3, 0.4) is 0 Å². The minimum absolute atomic E-state index is 0.449. The Labute approximate surface area is 411 Å². The second-order valence-electron chi connectivity index (χ2n) is 19.1. The Balaban J connectivity index is 0.878. The smallest absolute Gasteiger partial charge is 0.160 e. The SMILES string of the molecule is c1ccc(-c2nc(-c3ccc4c(c3)C3(c5ccccc5-c5ccccc53)c3ccccc3-4)cc(-c3ccc(-c4ccc(-c5c6ccccc6cc6c5ccc5ccccc56)cc4)c4ccccc34)n2)cc1. The largest absolute Gasteiger partial charge is 0.228 e. The fourth-order valence-corrected chi connectivity index (χ4v) is 12.4. The first-order chi connectivity index (χ1) is 35.2. The third-order valence-electron chi connectivity index (χ3n) is 15.5. The molecule has 2 nitrogen and oxygen atoms in total. The summed E-state index contributed by atoms with van der Waals surface area (Å²) in [7, 11) is 0. The molecule has 0 saturated carbocycles. The van der Waals surface area contributed by atoms with E-state index in [1.54, 1.807) is 0 Å². The molecule has 0 unspecified atom stereocenters. The first kappa shape index (κ1) is 39.7. The van der Waals surface area contributed by atoms with Gasteiger partial charge < -0.3 is 0 Å². The summed E-state index contributed by atoms with van der Waals surface area (Å²) in [4.78, 5) is 10.8. The van der Waals surface area contributed by atoms with Gasteiger partial charge in [-0.15, -0.1) is 0 Å². The first-order valence-corrected chi connectivity index (χ1v) is 24.6. The Morgan fingerprint density at radius 3 is 1.45 bits per heavy atom. The molecule has 0 radical (unpaired) electrons. The first-order valence-electron chi connectivity index (χ1n) is 24.6. The van der Waals surface area contributed by atoms with Crippen molar-refractivity contribution in [3.63, 3.8) is 0 Å². The van der Waals surface area contributed by atoms with Crippen LogP contribution in [0.5, 0.6) is 0 Å². The fraction of sp³-hybridized carbons (Fsp3) is 0.0145. The molecule has 2 aliphatic carbocycles. The van der Waals surface area contributed by atoms with Gasteiger partial charge in [0.1, 0.15) is 0 Å². The second kappa shape index (κ2) is 15.4. The average Bonchev–Trinajstić information content (AvgIpc) is 3.92. The van der Waals surface area contributed by atoms with Gasteiger partial charge in [-0.25, -0.2) is 9.97 Å². The number of hydrogen-bond acceptors (Lipinski definition) is 2. The third-order valence-corrected chi connectivity index (χ3v) is 15.5. The van der Waals surface area contributed by atoms with Gasteiger partial charge in [-0.3, -0.25) is 0 Å². The highest BCUT2D eigenvalue weighted by atomic mass is 14.9. The Morgan fingerprint density at radius 1 is 0.239 bits per heavy atom. The molecule has 0 saturated heterocycles. The van der Waals surface area contributed by atoms with Crippen LogP contribution in [0, 0.1) is 0 Å². The zero-order chi connectivity index (χ0) is 46.6. The highest BCUT2D eigenvalue weighted by Crippen LogP contribution is 2.63. The van der Waals surface area contributed by atoms with Crippen molar-refractivity contribution < 1.29 is 0 Å². The lowest BCUT2D eigenvalue weighted by molar-refractivity contribution is 0.794. The summed E-state index contributed by atoms with van der Waals surface area (Å²) in [5, 5.41) is 9.91. The molecule has 1 heterocycles. The molecule has 0 bridgehead atoms. The minimum atomic E-state index is -0.449. The lowest BCUT2D eigenvalue weighted by atomic mass is 9.70. The van der Waals surface area contributed by atoms with Crippen molar-refractivity contribution in [2.45, 2.75) is 5.41 Å². The molecule has 13 aromatic rings. The van der Waals surface area contributed by atoms with E-state index in [9.17, 15) is 0 Å². The molecule has 0 fully saturated rings. The lowest BCUT2D eigenvalue weighted by Gasteiger charge is -2.30. The van der Waals surface area contributed by atoms with Crippen molar-refractivity contribution in [1.82, 2.24) is 9.97 Å². The maximum Gasteiger partial charge on any atom is 0.160 e. The molecule has 0 atom stereocenters. The predicted molar refractivity (Wildman–Crippen MR) is 296 cm³/mol. The van der Waals surface area contributed by atoms with E-state index in [1.807, 2.05) is 6.07 Å². The molecule has 71 heavy (non-hydrogen) atoms. The maximum atomic E-state index is 5.40. The Bertz CT molecular complexity index is 4270. The highest BCUT2D eigenvalue weighted by Gasteiger charge is 2.51. The third kappa shape index (κ3) is 5.83. The van der Waals surface area contributed by atoms with Crippen molar-refractivity contribution in [2.24, 2.45) is 0 Å². The number of benzene rings is 12. The molecular weight excluding hydrogens is 857 g/mol. The van der Waals surface area contributed by atoms with Crippen molar-refractivity contribution in [1.29, 1.82) is 0 Å². The average molecular weight is 899 g/mol. The summed E-state index contributed by atoms with van der Waals surface area (Å²) in [6, 6.07) is 93.5. The monoisotopic (exact) mass is 898 g/mol. The molecule has 2 aliphatic rings. The Hall–Kier alpha value is -9.24. The van der Waals surface area contributed by atoms with Crippen LogP contribution >= 0.6 is 0 Å². The van der Waals surface area contributed by atoms with Crippen molar-refractivity contribution in [2.75, 3.05) is 0 Å². The normalized spacial score (nSPS) is 12.9. The number of fused-ring (bicyclic) bond motifs is 15. The second-order valence-corrected chi connectivity index (χ2v) is 19.1. The molecule has 0 N–H and O–H groups in total. The molecule has 2 heteroatoms. The van der Waals surface area contributed by atoms with E-state index in [2.05, 4.69) is 249 Å². The topological polar surface area (TPSA) is 25.8 Å². The molecule has 0 amide bonds. The van der Waals surface area contributed by atoms with Gasteiger partial charge in [-0.1, -0.05) is 237 Å². The molecule has 1 spiro atoms. The number of nitrogens with zero attached hydrogens (tertiary/aromatic N) is 2. The van der Waals surface area contributed by atoms with E-state index in [0.717, 1.165) is 33.5 Å². The Morgan fingerprint density at radius 2 is 0.746 bits per heavy atom. The van der Waals surface area contributed by atoms with Crippen LogP contribution in [0.4, 0.5) is 0 Å². The standard InChI is InChI=1S/C69H42N2/c1-2-17-46(18-3-1)68-70-65(48-35-36-57-56-26-12-15-29-63(56)69(64(57)41-48)61-27-13-10-24-54(61)55-25-11-14-28-62(55)69)42-66(71-68)58-39-38-50(52-22-8-9-23-53(52)58)44-30-32-45(33-31-44)67-51-21-7-5-19-47(51)40-60-49-20-6-4-16-43(49)34-37-59(60)67/h1-42H. The van der Waals surface area contributed by atoms with Gasteiger partial charge in [-0.2, -0.15) is 0 Å². The van der Waals surface area contributed by atoms with Crippen molar-refractivity contribution in [3.05, 3.63) is 277 Å². The van der Waals surface area contributed by atoms with Gasteiger partial charge in [0.25, 0.3) is 0 Å². The van der Waals surface area contributed by atoms with Gasteiger partial charge in [0.15, 0.2) is 5.82 Å². The van der Waals surface area contributed by atoms with Gasteiger partial charge >= 0.3 is 0 Å². The summed E-state index contributed by atoms with van der Waals surface area (Å²) in [6.45, 7) is 0. The van der Waals surface area contributed by atoms with Gasteiger partial charge in [0, 0.05) is 16.7 Å². The van der Waals surface area contributed by atoms with Crippen LogP contribution < -0.4 is 0 Å². The van der Waals surface area contributed by atoms with Crippen LogP contribution in [0.15, 0.2) is 255 Å². The Kier molecular flexibility index (Phi) is 8.61. The quantitative estimate of drug-likeness (QED) is 0.127. The van der Waals surface area contributed by atoms with Crippen molar-refractivity contribution >= 4 is 43.1 Å². The van der Waals surface area contributed by atoms with E-state index in [1.165, 1.54) is 104 Å². The van der Waals surface area contributed by atoms with E-state index in [0.29, 0.717) is 5.82 Å². The van der Waals surface area contributed by atoms with E-state index < -0.39 is 5.41 Å². The molecule has 328 valence electrons. The minimum Gasteiger partial charge on any atom is -0.228 e. The molecule has 12 aromatic carbocycles. The zero-order valence-electron chi connectivity index (χ0n) is 38.6. The zero-order valence-corrected chi connectivity index (χ0v) is 38.6. The number of hydrogen-bond donors (Lipinski definition) is 0. The summed E-state index contributed by atoms with van der Waals surface area (Å²) < 4.78 is 0. The molecule has 15 rings (SSSR count). The van der Waals surface area contributed by atoms with Gasteiger partial charge in [0.2, 0.25) is 0 Å². The molecule has 0 aliphatic heterocycles. The summed E-state index contributed by atoms with van der Waals surface area (Å²) in [5.74, 6) is 0.700. The van der Waals surface area contributed by atoms with E-state index >= 15 is 0 Å². The van der Waals surface area contributed by atoms with Crippen LogP contribution in [-0.4, -0.2) is 9.97 Å². The van der Waals surface area contributed by atoms with Crippen LogP contribution in [0.2, 0.25) is 0 Å². The summed E-state index contributed by atoms with van der Waals surface area (Å²) in [6.07, 6.45) is 0. The highest BCUT2D eigenvalue weighted by molar-refractivity contribution is 6.20. The van der Waals surface area contributed by atoms with Crippen LogP contribution in [0.25, 0.3) is 122 Å². The van der Waals surface area contributed by atoms with Crippen LogP contribution in [0.1, 0.15) is 22.3 Å². The lowest BCUT2D eigenvalue weighted by Crippen LogP contribution is -2.25. The molecular formula is C69H42N2. The molecule has 1 aromatic heterocycles. The van der Waals surface area contributed by atoms with E-state index in [-0.39, 0.29) is 0 Å². The maximum absolute atomic E-state index is 5.40. The number of aromatic nitrogens is 2. The van der Waals surface area contributed by atoms with Gasteiger partial charge in [-0.05, 0) is 128 Å². The summed E-state index contributed by atoms with van der Waals surface area (Å²) in [5.41, 5.74) is 19.7. The van der Waals surface area contributed by atoms with Crippen molar-refractivity contribution in [3.8, 4) is 78.4 Å². The van der Waals surface area contributed by atoms with Crippen LogP contribution in [-0.2, 0) is 5.41 Å². The fourth-order valence-electron chi connectivity index (χ4n) is 12.4.